The maximum Gasteiger partial charge on any atom is 0.107 e. The lowest BCUT2D eigenvalue weighted by molar-refractivity contribution is 0.238. The molecule has 0 aliphatic carbocycles. The summed E-state index contributed by atoms with van der Waals surface area (Å²) in [5.41, 5.74) is 5.89. The van der Waals surface area contributed by atoms with Crippen LogP contribution in [0.3, 0.4) is 0 Å². The van der Waals surface area contributed by atoms with Crippen molar-refractivity contribution in [3.63, 3.8) is 0 Å². The van der Waals surface area contributed by atoms with Crippen LogP contribution in [0, 0.1) is 0 Å². The summed E-state index contributed by atoms with van der Waals surface area (Å²) < 4.78 is 1.76. The van der Waals surface area contributed by atoms with Crippen LogP contribution in [-0.4, -0.2) is 50.6 Å². The highest BCUT2D eigenvalue weighted by Crippen LogP contribution is 2.36. The summed E-state index contributed by atoms with van der Waals surface area (Å²) in [6, 6.07) is 2.33. The van der Waals surface area contributed by atoms with E-state index in [2.05, 4.69) is 52.9 Å². The standard InChI is InChI=1S/C12H21BrClN3S/c1-16(2)5-4-6-17(3)10(8-15)11-7-9(13)12(14)18-11/h7,10H,4-6,8,15H2,1-3H3. The molecule has 1 rings (SSSR count). The van der Waals surface area contributed by atoms with Gasteiger partial charge in [-0.2, -0.15) is 0 Å². The summed E-state index contributed by atoms with van der Waals surface area (Å²) >= 11 is 11.1. The van der Waals surface area contributed by atoms with Gasteiger partial charge in [0.15, 0.2) is 0 Å². The molecule has 0 spiro atoms. The SMILES string of the molecule is CN(C)CCCN(C)C(CN)c1cc(Br)c(Cl)s1. The zero-order chi connectivity index (χ0) is 13.7. The van der Waals surface area contributed by atoms with E-state index in [4.69, 9.17) is 17.3 Å². The van der Waals surface area contributed by atoms with E-state index in [0.717, 1.165) is 28.3 Å². The van der Waals surface area contributed by atoms with E-state index in [1.54, 1.807) is 11.3 Å². The fourth-order valence-corrected chi connectivity index (χ4v) is 3.75. The number of rotatable bonds is 7. The first-order valence-electron chi connectivity index (χ1n) is 5.95. The van der Waals surface area contributed by atoms with Gasteiger partial charge in [0.2, 0.25) is 0 Å². The van der Waals surface area contributed by atoms with E-state index in [0.29, 0.717) is 6.54 Å². The third-order valence-electron chi connectivity index (χ3n) is 2.86. The lowest BCUT2D eigenvalue weighted by Gasteiger charge is -2.26. The fourth-order valence-electron chi connectivity index (χ4n) is 1.83. The minimum Gasteiger partial charge on any atom is -0.329 e. The number of hydrogen-bond acceptors (Lipinski definition) is 4. The van der Waals surface area contributed by atoms with Crippen LogP contribution in [0.2, 0.25) is 4.34 Å². The van der Waals surface area contributed by atoms with E-state index in [1.807, 2.05) is 0 Å². The van der Waals surface area contributed by atoms with Gasteiger partial charge >= 0.3 is 0 Å². The minimum absolute atomic E-state index is 0.251. The Hall–Kier alpha value is 0.350. The second-order valence-electron chi connectivity index (χ2n) is 4.66. The van der Waals surface area contributed by atoms with Crippen molar-refractivity contribution in [2.24, 2.45) is 5.73 Å². The maximum atomic E-state index is 6.09. The van der Waals surface area contributed by atoms with Crippen LogP contribution in [0.4, 0.5) is 0 Å². The second kappa shape index (κ2) is 7.82. The summed E-state index contributed by atoms with van der Waals surface area (Å²) in [5.74, 6) is 0. The Balaban J connectivity index is 2.59. The van der Waals surface area contributed by atoms with Gasteiger partial charge in [-0.05, 0) is 62.6 Å². The van der Waals surface area contributed by atoms with Gasteiger partial charge in [0.25, 0.3) is 0 Å². The first kappa shape index (κ1) is 16.4. The maximum absolute atomic E-state index is 6.09. The Morgan fingerprint density at radius 1 is 1.39 bits per heavy atom. The lowest BCUT2D eigenvalue weighted by atomic mass is 10.2. The summed E-state index contributed by atoms with van der Waals surface area (Å²) in [5, 5.41) is 0. The molecule has 0 saturated carbocycles. The Labute approximate surface area is 127 Å². The molecule has 0 aliphatic rings. The quantitative estimate of drug-likeness (QED) is 0.817. The Kier molecular flexibility index (Phi) is 7.13. The molecular weight excluding hydrogens is 334 g/mol. The zero-order valence-corrected chi connectivity index (χ0v) is 14.3. The van der Waals surface area contributed by atoms with E-state index >= 15 is 0 Å². The fraction of sp³-hybridized carbons (Fsp3) is 0.667. The summed E-state index contributed by atoms with van der Waals surface area (Å²) in [6.07, 6.45) is 1.14. The molecule has 0 radical (unpaired) electrons. The van der Waals surface area contributed by atoms with Crippen LogP contribution >= 0.6 is 38.9 Å². The van der Waals surface area contributed by atoms with Crippen molar-refractivity contribution in [1.29, 1.82) is 0 Å². The van der Waals surface area contributed by atoms with Gasteiger partial charge in [0.1, 0.15) is 4.34 Å². The van der Waals surface area contributed by atoms with E-state index < -0.39 is 0 Å². The molecule has 1 atom stereocenters. The molecule has 1 aromatic rings. The lowest BCUT2D eigenvalue weighted by Crippen LogP contribution is -2.32. The Morgan fingerprint density at radius 2 is 2.06 bits per heavy atom. The van der Waals surface area contributed by atoms with Crippen molar-refractivity contribution in [3.8, 4) is 0 Å². The van der Waals surface area contributed by atoms with E-state index in [-0.39, 0.29) is 6.04 Å². The van der Waals surface area contributed by atoms with Gasteiger partial charge in [0, 0.05) is 15.9 Å². The van der Waals surface area contributed by atoms with Crippen molar-refractivity contribution in [1.82, 2.24) is 9.80 Å². The summed E-state index contributed by atoms with van der Waals surface area (Å²) in [6.45, 7) is 2.74. The van der Waals surface area contributed by atoms with E-state index in [1.165, 1.54) is 4.88 Å². The van der Waals surface area contributed by atoms with Crippen molar-refractivity contribution in [3.05, 3.63) is 19.8 Å². The molecule has 6 heteroatoms. The number of halogens is 2. The first-order valence-corrected chi connectivity index (χ1v) is 7.94. The molecule has 3 nitrogen and oxygen atoms in total. The third kappa shape index (κ3) is 4.79. The molecule has 1 unspecified atom stereocenters. The normalized spacial score (nSPS) is 13.6. The summed E-state index contributed by atoms with van der Waals surface area (Å²) in [4.78, 5) is 5.73. The molecule has 0 aliphatic heterocycles. The van der Waals surface area contributed by atoms with Gasteiger partial charge in [-0.15, -0.1) is 11.3 Å². The average Bonchev–Trinajstić information content (AvgIpc) is 2.59. The van der Waals surface area contributed by atoms with Crippen LogP contribution < -0.4 is 5.73 Å². The highest BCUT2D eigenvalue weighted by molar-refractivity contribution is 9.10. The van der Waals surface area contributed by atoms with Crippen molar-refractivity contribution in [2.45, 2.75) is 12.5 Å². The minimum atomic E-state index is 0.251. The number of thiophene rings is 1. The number of nitrogens with zero attached hydrogens (tertiary/aromatic N) is 2. The van der Waals surface area contributed by atoms with Gasteiger partial charge < -0.3 is 10.6 Å². The zero-order valence-electron chi connectivity index (χ0n) is 11.1. The van der Waals surface area contributed by atoms with Crippen molar-refractivity contribution >= 4 is 38.9 Å². The average molecular weight is 355 g/mol. The molecule has 0 saturated heterocycles. The highest BCUT2D eigenvalue weighted by atomic mass is 79.9. The first-order chi connectivity index (χ1) is 8.45. The Bertz CT molecular complexity index is 351. The molecule has 0 bridgehead atoms. The van der Waals surface area contributed by atoms with Crippen molar-refractivity contribution < 1.29 is 0 Å². The van der Waals surface area contributed by atoms with Crippen LogP contribution in [0.25, 0.3) is 0 Å². The molecular formula is C12H21BrClN3S. The molecule has 1 aromatic heterocycles. The molecule has 0 amide bonds. The predicted molar refractivity (Wildman–Crippen MR) is 84.6 cm³/mol. The number of nitrogens with two attached hydrogens (primary N) is 1. The van der Waals surface area contributed by atoms with E-state index in [9.17, 15) is 0 Å². The topological polar surface area (TPSA) is 32.5 Å². The monoisotopic (exact) mass is 353 g/mol. The number of likely N-dealkylation sites (N-methyl/N-ethyl adjacent to an activating group) is 1. The molecule has 0 fully saturated rings. The van der Waals surface area contributed by atoms with Crippen LogP contribution in [0.15, 0.2) is 10.5 Å². The molecule has 104 valence electrons. The van der Waals surface area contributed by atoms with Crippen LogP contribution in [-0.2, 0) is 0 Å². The van der Waals surface area contributed by atoms with Crippen LogP contribution in [0.5, 0.6) is 0 Å². The van der Waals surface area contributed by atoms with Crippen LogP contribution in [0.1, 0.15) is 17.3 Å². The van der Waals surface area contributed by atoms with Gasteiger partial charge in [-0.1, -0.05) is 11.6 Å². The van der Waals surface area contributed by atoms with Gasteiger partial charge in [0.05, 0.1) is 6.04 Å². The third-order valence-corrected chi connectivity index (χ3v) is 5.44. The predicted octanol–water partition coefficient (Wildman–Crippen LogP) is 3.05. The smallest absolute Gasteiger partial charge is 0.107 e. The molecule has 2 N–H and O–H groups in total. The second-order valence-corrected chi connectivity index (χ2v) is 7.20. The highest BCUT2D eigenvalue weighted by Gasteiger charge is 2.18. The molecule has 18 heavy (non-hydrogen) atoms. The molecule has 1 heterocycles. The van der Waals surface area contributed by atoms with Gasteiger partial charge in [-0.3, -0.25) is 4.90 Å². The largest absolute Gasteiger partial charge is 0.329 e. The summed E-state index contributed by atoms with van der Waals surface area (Å²) in [7, 11) is 6.31. The Morgan fingerprint density at radius 3 is 2.50 bits per heavy atom. The van der Waals surface area contributed by atoms with Crippen molar-refractivity contribution in [2.75, 3.05) is 40.8 Å². The number of hydrogen-bond donors (Lipinski definition) is 1. The molecule has 0 aromatic carbocycles. The van der Waals surface area contributed by atoms with Gasteiger partial charge in [-0.25, -0.2) is 0 Å².